The number of rotatable bonds is 2. The maximum Gasteiger partial charge on any atom is 0.136 e. The fraction of sp³-hybridized carbons (Fsp3) is 0.750. The van der Waals surface area contributed by atoms with Gasteiger partial charge in [-0.15, -0.1) is 0 Å². The van der Waals surface area contributed by atoms with Gasteiger partial charge >= 0.3 is 0 Å². The van der Waals surface area contributed by atoms with Gasteiger partial charge in [-0.2, -0.15) is 0 Å². The lowest BCUT2D eigenvalue weighted by Gasteiger charge is -2.13. The molecule has 0 spiro atoms. The molecule has 7 heteroatoms. The van der Waals surface area contributed by atoms with Gasteiger partial charge in [-0.3, -0.25) is 0 Å². The molecule has 0 aliphatic rings. The van der Waals surface area contributed by atoms with Crippen LogP contribution in [0.3, 0.4) is 0 Å². The summed E-state index contributed by atoms with van der Waals surface area (Å²) >= 11 is 5.58. The SMILES string of the molecule is CN(C)C(=S)SCS(=O)(=O)[O-]. The smallest absolute Gasteiger partial charge is 0.136 e. The van der Waals surface area contributed by atoms with Crippen LogP contribution in [-0.2, 0) is 10.1 Å². The predicted molar refractivity (Wildman–Crippen MR) is 48.4 cm³/mol. The lowest BCUT2D eigenvalue weighted by molar-refractivity contribution is 0.469. The van der Waals surface area contributed by atoms with Crippen LogP contribution in [-0.4, -0.2) is 41.4 Å². The predicted octanol–water partition coefficient (Wildman–Crippen LogP) is 0.0688. The van der Waals surface area contributed by atoms with Gasteiger partial charge < -0.3 is 9.45 Å². The highest BCUT2D eigenvalue weighted by Crippen LogP contribution is 2.08. The summed E-state index contributed by atoms with van der Waals surface area (Å²) in [5, 5.41) is -0.496. The third-order valence-electron chi connectivity index (χ3n) is 0.692. The first-order valence-corrected chi connectivity index (χ1v) is 5.57. The van der Waals surface area contributed by atoms with E-state index in [1.165, 1.54) is 0 Å². The Morgan fingerprint density at radius 2 is 2.09 bits per heavy atom. The van der Waals surface area contributed by atoms with Crippen LogP contribution in [0.1, 0.15) is 0 Å². The minimum atomic E-state index is -4.15. The van der Waals surface area contributed by atoms with E-state index in [1.807, 2.05) is 0 Å². The summed E-state index contributed by atoms with van der Waals surface area (Å²) in [5.41, 5.74) is 0. The van der Waals surface area contributed by atoms with E-state index in [2.05, 4.69) is 0 Å². The van der Waals surface area contributed by atoms with Crippen LogP contribution in [0.25, 0.3) is 0 Å². The van der Waals surface area contributed by atoms with Crippen LogP contribution in [0.4, 0.5) is 0 Å². The Bertz CT molecular complexity index is 233. The van der Waals surface area contributed by atoms with E-state index in [9.17, 15) is 13.0 Å². The molecular weight excluding hydrogens is 206 g/mol. The molecule has 0 aromatic rings. The van der Waals surface area contributed by atoms with Crippen LogP contribution < -0.4 is 0 Å². The van der Waals surface area contributed by atoms with E-state index in [1.54, 1.807) is 19.0 Å². The molecule has 0 unspecified atom stereocenters. The third kappa shape index (κ3) is 6.54. The maximum absolute atomic E-state index is 10.1. The van der Waals surface area contributed by atoms with Crippen LogP contribution in [0.2, 0.25) is 0 Å². The molecule has 0 aromatic heterocycles. The third-order valence-corrected chi connectivity index (χ3v) is 3.65. The fourth-order valence-electron chi connectivity index (χ4n) is 0.252. The monoisotopic (exact) mass is 214 g/mol. The van der Waals surface area contributed by atoms with Gasteiger partial charge in [0, 0.05) is 14.1 Å². The van der Waals surface area contributed by atoms with Crippen molar-refractivity contribution in [2.24, 2.45) is 0 Å². The van der Waals surface area contributed by atoms with Gasteiger partial charge in [-0.1, -0.05) is 24.0 Å². The fourth-order valence-corrected chi connectivity index (χ4v) is 1.92. The zero-order valence-electron chi connectivity index (χ0n) is 6.10. The molecule has 0 aromatic carbocycles. The number of nitrogens with zero attached hydrogens (tertiary/aromatic N) is 1. The lowest BCUT2D eigenvalue weighted by atomic mass is 11.0. The molecule has 0 amide bonds. The van der Waals surface area contributed by atoms with Crippen molar-refractivity contribution in [1.82, 2.24) is 4.90 Å². The van der Waals surface area contributed by atoms with Gasteiger partial charge in [0.25, 0.3) is 0 Å². The summed E-state index contributed by atoms with van der Waals surface area (Å²) in [7, 11) is -0.779. The van der Waals surface area contributed by atoms with E-state index >= 15 is 0 Å². The van der Waals surface area contributed by atoms with Crippen molar-refractivity contribution in [3.8, 4) is 0 Å². The lowest BCUT2D eigenvalue weighted by Crippen LogP contribution is -2.17. The first kappa shape index (κ1) is 11.2. The molecule has 0 aliphatic heterocycles. The van der Waals surface area contributed by atoms with Crippen molar-refractivity contribution in [3.05, 3.63) is 0 Å². The van der Waals surface area contributed by atoms with Crippen LogP contribution in [0, 0.1) is 0 Å². The van der Waals surface area contributed by atoms with Crippen molar-refractivity contribution >= 4 is 38.4 Å². The Morgan fingerprint density at radius 3 is 2.36 bits per heavy atom. The zero-order chi connectivity index (χ0) is 9.07. The molecule has 0 saturated heterocycles. The van der Waals surface area contributed by atoms with Crippen molar-refractivity contribution < 1.29 is 13.0 Å². The van der Waals surface area contributed by atoms with Crippen molar-refractivity contribution in [2.45, 2.75) is 0 Å². The van der Waals surface area contributed by atoms with Crippen LogP contribution >= 0.6 is 24.0 Å². The normalized spacial score (nSPS) is 11.2. The van der Waals surface area contributed by atoms with E-state index in [0.717, 1.165) is 11.8 Å². The number of thioether (sulfide) groups is 1. The summed E-state index contributed by atoms with van der Waals surface area (Å²) in [5.74, 6) is 0. The summed E-state index contributed by atoms with van der Waals surface area (Å²) in [6, 6.07) is 0. The van der Waals surface area contributed by atoms with Gasteiger partial charge in [0.05, 0.1) is 5.08 Å². The van der Waals surface area contributed by atoms with E-state index < -0.39 is 15.2 Å². The largest absolute Gasteiger partial charge is 0.747 e. The average molecular weight is 214 g/mol. The average Bonchev–Trinajstić information content (AvgIpc) is 1.80. The van der Waals surface area contributed by atoms with Crippen molar-refractivity contribution in [1.29, 1.82) is 0 Å². The Kier molecular flexibility index (Phi) is 4.30. The highest BCUT2D eigenvalue weighted by atomic mass is 32.3. The number of hydrogen-bond acceptors (Lipinski definition) is 5. The van der Waals surface area contributed by atoms with Gasteiger partial charge in [0.15, 0.2) is 0 Å². The Balaban J connectivity index is 3.83. The van der Waals surface area contributed by atoms with Gasteiger partial charge in [-0.05, 0) is 0 Å². The molecule has 0 heterocycles. The molecule has 0 atom stereocenters. The van der Waals surface area contributed by atoms with Gasteiger partial charge in [0.1, 0.15) is 14.4 Å². The summed E-state index contributed by atoms with van der Waals surface area (Å²) < 4.78 is 30.7. The first-order valence-electron chi connectivity index (χ1n) is 2.60. The van der Waals surface area contributed by atoms with Crippen LogP contribution in [0.5, 0.6) is 0 Å². The maximum atomic E-state index is 10.1. The van der Waals surface area contributed by atoms with E-state index in [4.69, 9.17) is 12.2 Å². The number of thiocarbonyl (C=S) groups is 1. The molecule has 0 N–H and O–H groups in total. The molecule has 0 rings (SSSR count). The Labute approximate surface area is 75.7 Å². The molecular formula is C4H8NO3S3-. The summed E-state index contributed by atoms with van der Waals surface area (Å²) in [4.78, 5) is 1.57. The minimum absolute atomic E-state index is 0.393. The van der Waals surface area contributed by atoms with Gasteiger partial charge in [0.2, 0.25) is 0 Å². The quantitative estimate of drug-likeness (QED) is 0.479. The van der Waals surface area contributed by atoms with E-state index in [-0.39, 0.29) is 0 Å². The number of hydrogen-bond donors (Lipinski definition) is 0. The summed E-state index contributed by atoms with van der Waals surface area (Å²) in [6.45, 7) is 0. The molecule has 0 saturated carbocycles. The van der Waals surface area contributed by atoms with Crippen molar-refractivity contribution in [2.75, 3.05) is 19.2 Å². The molecule has 0 radical (unpaired) electrons. The second kappa shape index (κ2) is 4.24. The molecule has 11 heavy (non-hydrogen) atoms. The molecule has 66 valence electrons. The second-order valence-corrected chi connectivity index (χ2v) is 5.36. The molecule has 4 nitrogen and oxygen atoms in total. The second-order valence-electron chi connectivity index (χ2n) is 1.98. The first-order chi connectivity index (χ1) is 4.83. The Morgan fingerprint density at radius 1 is 1.64 bits per heavy atom. The standard InChI is InChI=1S/C4H9NO3S3/c1-5(2)4(9)10-3-11(6,7)8/h3H2,1-2H3,(H,6,7,8)/p-1. The molecule has 0 bridgehead atoms. The highest BCUT2D eigenvalue weighted by molar-refractivity contribution is 8.27. The minimum Gasteiger partial charge on any atom is -0.747 e. The van der Waals surface area contributed by atoms with E-state index in [0.29, 0.717) is 4.32 Å². The Hall–Kier alpha value is 0.150. The molecule has 0 aliphatic carbocycles. The van der Waals surface area contributed by atoms with Crippen LogP contribution in [0.15, 0.2) is 0 Å². The molecule has 0 fully saturated rings. The zero-order valence-corrected chi connectivity index (χ0v) is 8.55. The highest BCUT2D eigenvalue weighted by Gasteiger charge is 2.02. The topological polar surface area (TPSA) is 60.4 Å². The summed E-state index contributed by atoms with van der Waals surface area (Å²) in [6.07, 6.45) is 0. The van der Waals surface area contributed by atoms with Gasteiger partial charge in [-0.25, -0.2) is 8.42 Å². The van der Waals surface area contributed by atoms with Crippen molar-refractivity contribution in [3.63, 3.8) is 0 Å².